The fourth-order valence-corrected chi connectivity index (χ4v) is 1.87. The van der Waals surface area contributed by atoms with E-state index in [1.54, 1.807) is 19.2 Å². The van der Waals surface area contributed by atoms with Crippen LogP contribution in [0.5, 0.6) is 5.75 Å². The minimum Gasteiger partial charge on any atom is -0.489 e. The van der Waals surface area contributed by atoms with Crippen LogP contribution in [-0.2, 0) is 9.59 Å². The van der Waals surface area contributed by atoms with Gasteiger partial charge in [0.15, 0.2) is 0 Å². The van der Waals surface area contributed by atoms with Crippen LogP contribution < -0.4 is 15.0 Å². The van der Waals surface area contributed by atoms with Crippen molar-refractivity contribution in [2.75, 3.05) is 24.4 Å². The van der Waals surface area contributed by atoms with Crippen molar-refractivity contribution < 1.29 is 14.3 Å². The van der Waals surface area contributed by atoms with Gasteiger partial charge in [0.05, 0.1) is 5.69 Å². The fraction of sp³-hybridized carbons (Fsp3) is 0.333. The summed E-state index contributed by atoms with van der Waals surface area (Å²) >= 11 is 5.41. The van der Waals surface area contributed by atoms with Gasteiger partial charge in [0, 0.05) is 7.05 Å². The van der Waals surface area contributed by atoms with Crippen LogP contribution in [0.15, 0.2) is 24.3 Å². The number of hydrogen-bond donors (Lipinski definition) is 1. The van der Waals surface area contributed by atoms with Crippen LogP contribution in [0.4, 0.5) is 5.69 Å². The zero-order chi connectivity index (χ0) is 13.1. The molecule has 0 aromatic heterocycles. The normalized spacial score (nSPS) is 18.7. The highest BCUT2D eigenvalue weighted by atomic mass is 35.5. The van der Waals surface area contributed by atoms with Crippen LogP contribution in [0.2, 0.25) is 0 Å². The molecule has 0 aliphatic carbocycles. The molecule has 96 valence electrons. The van der Waals surface area contributed by atoms with E-state index in [0.29, 0.717) is 11.4 Å². The molecule has 18 heavy (non-hydrogen) atoms. The molecule has 0 saturated carbocycles. The number of para-hydroxylation sites is 2. The Balaban J connectivity index is 2.23. The largest absolute Gasteiger partial charge is 0.489 e. The topological polar surface area (TPSA) is 58.6 Å². The number of nitrogens with one attached hydrogen (secondary N) is 1. The van der Waals surface area contributed by atoms with Crippen molar-refractivity contribution >= 4 is 29.1 Å². The van der Waals surface area contributed by atoms with Gasteiger partial charge in [0.25, 0.3) is 5.91 Å². The summed E-state index contributed by atoms with van der Waals surface area (Å²) in [5.41, 5.74) is 0.685. The van der Waals surface area contributed by atoms with Gasteiger partial charge in [-0.25, -0.2) is 0 Å². The predicted molar refractivity (Wildman–Crippen MR) is 68.0 cm³/mol. The van der Waals surface area contributed by atoms with Gasteiger partial charge < -0.3 is 15.0 Å². The lowest BCUT2D eigenvalue weighted by atomic mass is 10.2. The molecule has 1 aromatic carbocycles. The molecule has 1 aliphatic rings. The summed E-state index contributed by atoms with van der Waals surface area (Å²) in [5, 5.41) is 2.54. The molecular formula is C12H13ClN2O3. The summed E-state index contributed by atoms with van der Waals surface area (Å²) in [6.07, 6.45) is 0. The lowest BCUT2D eigenvalue weighted by molar-refractivity contribution is -0.126. The van der Waals surface area contributed by atoms with Crippen molar-refractivity contribution in [3.8, 4) is 5.75 Å². The minimum absolute atomic E-state index is 0.100. The van der Waals surface area contributed by atoms with Crippen molar-refractivity contribution in [1.29, 1.82) is 0 Å². The van der Waals surface area contributed by atoms with Crippen LogP contribution in [0.25, 0.3) is 0 Å². The molecule has 1 atom stereocenters. The number of anilines is 1. The number of alkyl halides is 1. The van der Waals surface area contributed by atoms with Crippen molar-refractivity contribution in [3.63, 3.8) is 0 Å². The quantitative estimate of drug-likeness (QED) is 0.806. The lowest BCUT2D eigenvalue weighted by Crippen LogP contribution is -2.49. The number of rotatable bonds is 2. The second-order valence-electron chi connectivity index (χ2n) is 3.93. The third-order valence-electron chi connectivity index (χ3n) is 2.72. The first-order valence-electron chi connectivity index (χ1n) is 5.48. The van der Waals surface area contributed by atoms with E-state index in [-0.39, 0.29) is 18.4 Å². The molecule has 2 rings (SSSR count). The molecule has 6 heteroatoms. The van der Waals surface area contributed by atoms with E-state index < -0.39 is 11.9 Å². The smallest absolute Gasteiger partial charge is 0.252 e. The Morgan fingerprint density at radius 2 is 2.28 bits per heavy atom. The molecule has 0 radical (unpaired) electrons. The van der Waals surface area contributed by atoms with Crippen molar-refractivity contribution in [2.45, 2.75) is 6.04 Å². The molecular weight excluding hydrogens is 256 g/mol. The second-order valence-corrected chi connectivity index (χ2v) is 4.20. The number of carbonyl (C=O) groups is 2. The standard InChI is InChI=1S/C12H13ClN2O3/c1-15-9-4-2-3-5-10(9)18-7-8(12(15)17)14-11(16)6-13/h2-5,8H,6-7H2,1H3,(H,14,16)/t8-/m0/s1. The number of ether oxygens (including phenoxy) is 1. The highest BCUT2D eigenvalue weighted by Crippen LogP contribution is 2.29. The number of hydrogen-bond acceptors (Lipinski definition) is 3. The maximum Gasteiger partial charge on any atom is 0.252 e. The molecule has 0 spiro atoms. The Hall–Kier alpha value is -1.75. The minimum atomic E-state index is -0.714. The molecule has 1 aromatic rings. The number of fused-ring (bicyclic) bond motifs is 1. The highest BCUT2D eigenvalue weighted by Gasteiger charge is 2.29. The number of halogens is 1. The van der Waals surface area contributed by atoms with Gasteiger partial charge in [-0.15, -0.1) is 11.6 Å². The number of nitrogens with zero attached hydrogens (tertiary/aromatic N) is 1. The molecule has 0 unspecified atom stereocenters. The SMILES string of the molecule is CN1C(=O)[C@@H](NC(=O)CCl)COc2ccccc21. The number of carbonyl (C=O) groups excluding carboxylic acids is 2. The molecule has 5 nitrogen and oxygen atoms in total. The van der Waals surface area contributed by atoms with Crippen LogP contribution in [0.1, 0.15) is 0 Å². The van der Waals surface area contributed by atoms with E-state index in [9.17, 15) is 9.59 Å². The number of benzene rings is 1. The summed E-state index contributed by atoms with van der Waals surface area (Å²) in [4.78, 5) is 24.9. The average molecular weight is 269 g/mol. The predicted octanol–water partition coefficient (Wildman–Crippen LogP) is 0.765. The van der Waals surface area contributed by atoms with Crippen molar-refractivity contribution in [2.24, 2.45) is 0 Å². The van der Waals surface area contributed by atoms with Gasteiger partial charge in [-0.2, -0.15) is 0 Å². The molecule has 1 aliphatic heterocycles. The second kappa shape index (κ2) is 5.27. The highest BCUT2D eigenvalue weighted by molar-refractivity contribution is 6.27. The number of likely N-dealkylation sites (N-methyl/N-ethyl adjacent to an activating group) is 1. The van der Waals surface area contributed by atoms with E-state index in [2.05, 4.69) is 5.32 Å². The zero-order valence-corrected chi connectivity index (χ0v) is 10.6. The summed E-state index contributed by atoms with van der Waals surface area (Å²) in [6, 6.07) is 6.51. The maximum absolute atomic E-state index is 12.1. The Morgan fingerprint density at radius 1 is 1.56 bits per heavy atom. The Morgan fingerprint density at radius 3 is 3.00 bits per heavy atom. The third kappa shape index (κ3) is 2.41. The Bertz CT molecular complexity index is 478. The van der Waals surface area contributed by atoms with E-state index in [1.165, 1.54) is 4.90 Å². The lowest BCUT2D eigenvalue weighted by Gasteiger charge is -2.19. The number of amides is 2. The fourth-order valence-electron chi connectivity index (χ4n) is 1.79. The Labute approximate surface area is 110 Å². The monoisotopic (exact) mass is 268 g/mol. The van der Waals surface area contributed by atoms with Gasteiger partial charge in [-0.3, -0.25) is 9.59 Å². The maximum atomic E-state index is 12.1. The van der Waals surface area contributed by atoms with E-state index in [4.69, 9.17) is 16.3 Å². The van der Waals surface area contributed by atoms with Crippen molar-refractivity contribution in [3.05, 3.63) is 24.3 Å². The summed E-state index contributed by atoms with van der Waals surface area (Å²) < 4.78 is 5.53. The van der Waals surface area contributed by atoms with Crippen LogP contribution in [0.3, 0.4) is 0 Å². The molecule has 0 fully saturated rings. The van der Waals surface area contributed by atoms with Gasteiger partial charge in [-0.1, -0.05) is 12.1 Å². The van der Waals surface area contributed by atoms with Crippen LogP contribution in [-0.4, -0.2) is 37.4 Å². The third-order valence-corrected chi connectivity index (χ3v) is 2.96. The summed E-state index contributed by atoms with van der Waals surface area (Å²) in [5.74, 6) is -0.173. The van der Waals surface area contributed by atoms with Gasteiger partial charge in [0.2, 0.25) is 5.91 Å². The zero-order valence-electron chi connectivity index (χ0n) is 9.85. The van der Waals surface area contributed by atoms with E-state index in [1.807, 2.05) is 12.1 Å². The molecule has 1 N–H and O–H groups in total. The van der Waals surface area contributed by atoms with Crippen LogP contribution in [0, 0.1) is 0 Å². The van der Waals surface area contributed by atoms with Gasteiger partial charge >= 0.3 is 0 Å². The first-order chi connectivity index (χ1) is 8.63. The summed E-state index contributed by atoms with van der Waals surface area (Å²) in [6.45, 7) is 0.100. The molecule has 0 saturated heterocycles. The first-order valence-corrected chi connectivity index (χ1v) is 6.01. The Kier molecular flexibility index (Phi) is 3.72. The molecule has 1 heterocycles. The van der Waals surface area contributed by atoms with E-state index in [0.717, 1.165) is 0 Å². The molecule has 2 amide bonds. The van der Waals surface area contributed by atoms with Gasteiger partial charge in [-0.05, 0) is 12.1 Å². The molecule has 0 bridgehead atoms. The van der Waals surface area contributed by atoms with Gasteiger partial charge in [0.1, 0.15) is 24.3 Å². The average Bonchev–Trinajstić information content (AvgIpc) is 2.51. The first kappa shape index (κ1) is 12.7. The summed E-state index contributed by atoms with van der Waals surface area (Å²) in [7, 11) is 1.65. The van der Waals surface area contributed by atoms with Crippen molar-refractivity contribution in [1.82, 2.24) is 5.32 Å². The van der Waals surface area contributed by atoms with Crippen LogP contribution >= 0.6 is 11.6 Å². The van der Waals surface area contributed by atoms with E-state index >= 15 is 0 Å².